The van der Waals surface area contributed by atoms with E-state index in [2.05, 4.69) is 44.9 Å². The number of thiazole rings is 1. The first-order valence-corrected chi connectivity index (χ1v) is 11.2. The Morgan fingerprint density at radius 1 is 1.14 bits per heavy atom. The molecule has 0 saturated heterocycles. The number of hydrogen-bond acceptors (Lipinski definition) is 4. The van der Waals surface area contributed by atoms with E-state index in [0.717, 1.165) is 40.6 Å². The average molecular weight is 428 g/mol. The van der Waals surface area contributed by atoms with Crippen LogP contribution in [0.3, 0.4) is 0 Å². The van der Waals surface area contributed by atoms with Gasteiger partial charge < -0.3 is 4.90 Å². The van der Waals surface area contributed by atoms with Crippen molar-refractivity contribution in [1.82, 2.24) is 9.38 Å². The van der Waals surface area contributed by atoms with E-state index in [1.165, 1.54) is 23.5 Å². The lowest BCUT2D eigenvalue weighted by atomic mass is 10.1. The molecule has 1 unspecified atom stereocenters. The molecule has 1 atom stereocenters. The molecule has 0 radical (unpaired) electrons. The molecule has 7 heteroatoms. The Bertz CT molecular complexity index is 1180. The van der Waals surface area contributed by atoms with Crippen LogP contribution in [0.4, 0.5) is 14.5 Å². The number of hydrogen-bond donors (Lipinski definition) is 0. The highest BCUT2D eigenvalue weighted by molar-refractivity contribution is 7.99. The van der Waals surface area contributed by atoms with Crippen LogP contribution in [0.1, 0.15) is 28.6 Å². The summed E-state index contributed by atoms with van der Waals surface area (Å²) in [5.41, 5.74) is 4.23. The fraction of sp³-hybridized carbons (Fsp3) is 0.227. The smallest absolute Gasteiger partial charge is 0.194 e. The number of imidazole rings is 1. The zero-order chi connectivity index (χ0) is 20.0. The summed E-state index contributed by atoms with van der Waals surface area (Å²) < 4.78 is 29.4. The van der Waals surface area contributed by atoms with E-state index >= 15 is 0 Å². The second kappa shape index (κ2) is 7.46. The van der Waals surface area contributed by atoms with Crippen LogP contribution in [0.15, 0.2) is 58.9 Å². The maximum absolute atomic E-state index is 13.8. The molecule has 1 aliphatic heterocycles. The summed E-state index contributed by atoms with van der Waals surface area (Å²) in [6.45, 7) is 3.63. The molecular formula is C22H19F2N3S2. The Hall–Kier alpha value is -2.38. The van der Waals surface area contributed by atoms with Gasteiger partial charge in [0.1, 0.15) is 0 Å². The van der Waals surface area contributed by atoms with E-state index < -0.39 is 11.6 Å². The van der Waals surface area contributed by atoms with Gasteiger partial charge in [0.2, 0.25) is 0 Å². The van der Waals surface area contributed by atoms with Crippen LogP contribution < -0.4 is 4.90 Å². The molecule has 0 spiro atoms. The number of benzene rings is 2. The number of aryl methyl sites for hydroxylation is 1. The molecule has 0 bridgehead atoms. The third-order valence-corrected chi connectivity index (χ3v) is 7.50. The summed E-state index contributed by atoms with van der Waals surface area (Å²) in [4.78, 5) is 9.21. The van der Waals surface area contributed by atoms with Gasteiger partial charge in [0, 0.05) is 28.3 Å². The summed E-state index contributed by atoms with van der Waals surface area (Å²) >= 11 is 3.36. The van der Waals surface area contributed by atoms with E-state index in [-0.39, 0.29) is 5.25 Å². The Morgan fingerprint density at radius 3 is 2.86 bits per heavy atom. The number of thioether (sulfide) groups is 1. The molecule has 3 nitrogen and oxygen atoms in total. The summed E-state index contributed by atoms with van der Waals surface area (Å²) in [5.74, 6) is -1.59. The lowest BCUT2D eigenvalue weighted by Crippen LogP contribution is -2.25. The number of halogens is 2. The summed E-state index contributed by atoms with van der Waals surface area (Å²) in [5, 5.41) is 2.13. The minimum absolute atomic E-state index is 0.0731. The van der Waals surface area contributed by atoms with Crippen LogP contribution in [-0.4, -0.2) is 15.9 Å². The normalized spacial score (nSPS) is 16.8. The maximum atomic E-state index is 13.8. The van der Waals surface area contributed by atoms with Gasteiger partial charge in [0.05, 0.1) is 23.6 Å². The van der Waals surface area contributed by atoms with Crippen molar-refractivity contribution in [3.63, 3.8) is 0 Å². The van der Waals surface area contributed by atoms with E-state index in [0.29, 0.717) is 0 Å². The van der Waals surface area contributed by atoms with Crippen LogP contribution in [0.5, 0.6) is 0 Å². The summed E-state index contributed by atoms with van der Waals surface area (Å²) in [6, 6.07) is 12.6. The van der Waals surface area contributed by atoms with Crippen molar-refractivity contribution in [3.05, 3.63) is 82.6 Å². The molecule has 0 aliphatic carbocycles. The molecule has 148 valence electrons. The molecule has 5 rings (SSSR count). The average Bonchev–Trinajstić information content (AvgIpc) is 3.22. The third-order valence-electron chi connectivity index (χ3n) is 5.35. The summed E-state index contributed by atoms with van der Waals surface area (Å²) in [7, 11) is 0. The van der Waals surface area contributed by atoms with E-state index in [1.807, 2.05) is 12.1 Å². The van der Waals surface area contributed by atoms with Gasteiger partial charge in [-0.3, -0.25) is 4.40 Å². The second-order valence-corrected chi connectivity index (χ2v) is 9.28. The molecule has 2 aromatic carbocycles. The Morgan fingerprint density at radius 2 is 2.00 bits per heavy atom. The molecule has 3 heterocycles. The predicted molar refractivity (Wildman–Crippen MR) is 115 cm³/mol. The molecule has 0 amide bonds. The van der Waals surface area contributed by atoms with Gasteiger partial charge in [0.15, 0.2) is 16.6 Å². The molecule has 2 aromatic heterocycles. The zero-order valence-electron chi connectivity index (χ0n) is 15.8. The van der Waals surface area contributed by atoms with Crippen LogP contribution in [0.25, 0.3) is 4.96 Å². The number of nitrogens with zero attached hydrogens (tertiary/aromatic N) is 3. The molecular weight excluding hydrogens is 408 g/mol. The highest BCUT2D eigenvalue weighted by Crippen LogP contribution is 2.45. The van der Waals surface area contributed by atoms with Crippen molar-refractivity contribution >= 4 is 33.7 Å². The molecule has 29 heavy (non-hydrogen) atoms. The highest BCUT2D eigenvalue weighted by Gasteiger charge is 2.25. The quantitative estimate of drug-likeness (QED) is 0.387. The van der Waals surface area contributed by atoms with Crippen LogP contribution in [0, 0.1) is 18.6 Å². The predicted octanol–water partition coefficient (Wildman–Crippen LogP) is 6.23. The van der Waals surface area contributed by atoms with E-state index in [9.17, 15) is 8.78 Å². The standard InChI is InChI=1S/C22H19F2N3S2/c1-14-19(27-10-11-28-22(27)25-14)13-26-9-8-20(15-6-7-16(23)17(24)12-15)29-21-5-3-2-4-18(21)26/h2-7,10-12,20H,8-9,13H2,1H3. The van der Waals surface area contributed by atoms with Crippen LogP contribution >= 0.6 is 23.1 Å². The van der Waals surface area contributed by atoms with Gasteiger partial charge in [-0.25, -0.2) is 13.8 Å². The van der Waals surface area contributed by atoms with Crippen molar-refractivity contribution in [3.8, 4) is 0 Å². The minimum Gasteiger partial charge on any atom is -0.365 e. The zero-order valence-corrected chi connectivity index (χ0v) is 17.4. The molecule has 0 fully saturated rings. The Labute approximate surface area is 176 Å². The fourth-order valence-corrected chi connectivity index (χ4v) is 5.91. The monoisotopic (exact) mass is 427 g/mol. The van der Waals surface area contributed by atoms with Crippen molar-refractivity contribution in [2.45, 2.75) is 30.0 Å². The van der Waals surface area contributed by atoms with Gasteiger partial charge >= 0.3 is 0 Å². The molecule has 0 N–H and O–H groups in total. The van der Waals surface area contributed by atoms with E-state index in [4.69, 9.17) is 0 Å². The highest BCUT2D eigenvalue weighted by atomic mass is 32.2. The number of rotatable bonds is 3. The lowest BCUT2D eigenvalue weighted by Gasteiger charge is -2.24. The first-order valence-electron chi connectivity index (χ1n) is 9.47. The van der Waals surface area contributed by atoms with Crippen molar-refractivity contribution in [2.75, 3.05) is 11.4 Å². The molecule has 0 saturated carbocycles. The van der Waals surface area contributed by atoms with Crippen LogP contribution in [-0.2, 0) is 6.54 Å². The number of fused-ring (bicyclic) bond motifs is 2. The number of aromatic nitrogens is 2. The summed E-state index contributed by atoms with van der Waals surface area (Å²) in [6.07, 6.45) is 2.91. The van der Waals surface area contributed by atoms with Crippen LogP contribution in [0.2, 0.25) is 0 Å². The maximum Gasteiger partial charge on any atom is 0.194 e. The second-order valence-electron chi connectivity index (χ2n) is 7.16. The Balaban J connectivity index is 1.49. The minimum atomic E-state index is -0.801. The first kappa shape index (κ1) is 18.6. The lowest BCUT2D eigenvalue weighted by molar-refractivity contribution is 0.506. The van der Waals surface area contributed by atoms with Gasteiger partial charge in [0.25, 0.3) is 0 Å². The van der Waals surface area contributed by atoms with Gasteiger partial charge in [-0.15, -0.1) is 23.1 Å². The first-order chi connectivity index (χ1) is 14.1. The third kappa shape index (κ3) is 3.42. The Kier molecular flexibility index (Phi) is 4.80. The molecule has 4 aromatic rings. The number of anilines is 1. The number of para-hydroxylation sites is 1. The van der Waals surface area contributed by atoms with Crippen molar-refractivity contribution < 1.29 is 8.78 Å². The van der Waals surface area contributed by atoms with Crippen molar-refractivity contribution in [2.24, 2.45) is 0 Å². The van der Waals surface area contributed by atoms with Gasteiger partial charge in [-0.05, 0) is 43.2 Å². The van der Waals surface area contributed by atoms with Gasteiger partial charge in [-0.1, -0.05) is 18.2 Å². The molecule has 1 aliphatic rings. The topological polar surface area (TPSA) is 20.5 Å². The van der Waals surface area contributed by atoms with Gasteiger partial charge in [-0.2, -0.15) is 0 Å². The van der Waals surface area contributed by atoms with E-state index in [1.54, 1.807) is 29.2 Å². The SMILES string of the molecule is Cc1nc2sccn2c1CN1CCC(c2ccc(F)c(F)c2)Sc2ccccc21. The largest absolute Gasteiger partial charge is 0.365 e. The fourth-order valence-electron chi connectivity index (χ4n) is 3.85. The van der Waals surface area contributed by atoms with Crippen molar-refractivity contribution in [1.29, 1.82) is 0 Å².